The first-order chi connectivity index (χ1) is 6.88. The third-order valence-electron chi connectivity index (χ3n) is 1.71. The third kappa shape index (κ3) is 1.64. The van der Waals surface area contributed by atoms with Crippen LogP contribution in [0.3, 0.4) is 0 Å². The van der Waals surface area contributed by atoms with E-state index in [1.165, 1.54) is 12.5 Å². The van der Waals surface area contributed by atoms with E-state index in [2.05, 4.69) is 15.0 Å². The van der Waals surface area contributed by atoms with Crippen LogP contribution < -0.4 is 0 Å². The Hall–Kier alpha value is -2.10. The van der Waals surface area contributed by atoms with Crippen molar-refractivity contribution in [3.8, 4) is 0 Å². The molecule has 0 N–H and O–H groups in total. The van der Waals surface area contributed by atoms with Gasteiger partial charge in [0.05, 0.1) is 0 Å². The van der Waals surface area contributed by atoms with E-state index in [-0.39, 0.29) is 5.78 Å². The number of rotatable bonds is 2. The summed E-state index contributed by atoms with van der Waals surface area (Å²) in [6.45, 7) is 0. The van der Waals surface area contributed by atoms with E-state index in [0.29, 0.717) is 11.4 Å². The van der Waals surface area contributed by atoms with Gasteiger partial charge in [-0.3, -0.25) is 9.78 Å². The van der Waals surface area contributed by atoms with Crippen LogP contribution in [0.1, 0.15) is 16.2 Å². The van der Waals surface area contributed by atoms with Crippen molar-refractivity contribution in [2.45, 2.75) is 0 Å². The number of hydrogen-bond acceptors (Lipinski definition) is 4. The smallest absolute Gasteiger partial charge is 0.229 e. The van der Waals surface area contributed by atoms with Crippen molar-refractivity contribution in [1.29, 1.82) is 0 Å². The van der Waals surface area contributed by atoms with Crippen molar-refractivity contribution in [2.75, 3.05) is 0 Å². The number of hydrogen-bond donors (Lipinski definition) is 0. The molecular formula is C10H7N3O. The Balaban J connectivity index is 2.35. The van der Waals surface area contributed by atoms with Crippen molar-refractivity contribution >= 4 is 5.78 Å². The van der Waals surface area contributed by atoms with Crippen LogP contribution in [0.2, 0.25) is 0 Å². The number of carbonyl (C=O) groups excluding carboxylic acids is 1. The molecule has 2 rings (SSSR count). The highest BCUT2D eigenvalue weighted by Gasteiger charge is 2.09. The Morgan fingerprint density at radius 2 is 1.86 bits per heavy atom. The molecular weight excluding hydrogens is 178 g/mol. The van der Waals surface area contributed by atoms with E-state index >= 15 is 0 Å². The molecule has 0 fully saturated rings. The molecule has 0 saturated heterocycles. The van der Waals surface area contributed by atoms with Gasteiger partial charge in [-0.2, -0.15) is 0 Å². The van der Waals surface area contributed by atoms with Gasteiger partial charge in [-0.15, -0.1) is 0 Å². The van der Waals surface area contributed by atoms with Crippen molar-refractivity contribution in [3.63, 3.8) is 0 Å². The zero-order valence-corrected chi connectivity index (χ0v) is 7.29. The summed E-state index contributed by atoms with van der Waals surface area (Å²) in [5, 5.41) is 0. The zero-order valence-electron chi connectivity index (χ0n) is 7.29. The van der Waals surface area contributed by atoms with Gasteiger partial charge in [-0.25, -0.2) is 9.97 Å². The lowest BCUT2D eigenvalue weighted by Crippen LogP contribution is -2.05. The van der Waals surface area contributed by atoms with Gasteiger partial charge >= 0.3 is 0 Å². The molecule has 0 aliphatic carbocycles. The van der Waals surface area contributed by atoms with Crippen LogP contribution in [-0.2, 0) is 0 Å². The summed E-state index contributed by atoms with van der Waals surface area (Å²) < 4.78 is 0. The van der Waals surface area contributed by atoms with Gasteiger partial charge in [-0.05, 0) is 18.2 Å². The monoisotopic (exact) mass is 185 g/mol. The summed E-state index contributed by atoms with van der Waals surface area (Å²) in [5.41, 5.74) is 0.755. The summed E-state index contributed by atoms with van der Waals surface area (Å²) in [6.07, 6.45) is 4.45. The van der Waals surface area contributed by atoms with E-state index < -0.39 is 0 Å². The Bertz CT molecular complexity index is 386. The summed E-state index contributed by atoms with van der Waals surface area (Å²) in [4.78, 5) is 23.2. The summed E-state index contributed by atoms with van der Waals surface area (Å²) in [5.74, 6) is -0.187. The Morgan fingerprint density at radius 3 is 2.50 bits per heavy atom. The minimum absolute atomic E-state index is 0.187. The SMILES string of the molecule is O=C(c1ccccn1)c1ccncn1. The number of aromatic nitrogens is 3. The molecule has 0 bridgehead atoms. The van der Waals surface area contributed by atoms with E-state index in [9.17, 15) is 4.79 Å². The fourth-order valence-corrected chi connectivity index (χ4v) is 1.05. The first-order valence-electron chi connectivity index (χ1n) is 4.09. The van der Waals surface area contributed by atoms with Crippen LogP contribution in [-0.4, -0.2) is 20.7 Å². The number of nitrogens with zero attached hydrogens (tertiary/aromatic N) is 3. The molecule has 0 unspecified atom stereocenters. The van der Waals surface area contributed by atoms with E-state index in [1.807, 2.05) is 0 Å². The normalized spacial score (nSPS) is 9.71. The molecule has 0 aliphatic rings. The minimum Gasteiger partial charge on any atom is -0.285 e. The maximum absolute atomic E-state index is 11.7. The molecule has 0 amide bonds. The average Bonchev–Trinajstić information content (AvgIpc) is 2.30. The van der Waals surface area contributed by atoms with Gasteiger partial charge in [0.2, 0.25) is 5.78 Å². The van der Waals surface area contributed by atoms with Gasteiger partial charge in [0, 0.05) is 12.4 Å². The van der Waals surface area contributed by atoms with Crippen LogP contribution >= 0.6 is 0 Å². The fraction of sp³-hybridized carbons (Fsp3) is 0. The van der Waals surface area contributed by atoms with Crippen molar-refractivity contribution in [1.82, 2.24) is 15.0 Å². The fourth-order valence-electron chi connectivity index (χ4n) is 1.05. The topological polar surface area (TPSA) is 55.7 Å². The van der Waals surface area contributed by atoms with Gasteiger partial charge in [0.1, 0.15) is 17.7 Å². The van der Waals surface area contributed by atoms with Gasteiger partial charge in [0.15, 0.2) is 0 Å². The first-order valence-corrected chi connectivity index (χ1v) is 4.09. The summed E-state index contributed by atoms with van der Waals surface area (Å²) >= 11 is 0. The van der Waals surface area contributed by atoms with Crippen LogP contribution in [0.25, 0.3) is 0 Å². The first kappa shape index (κ1) is 8.50. The Morgan fingerprint density at radius 1 is 1.00 bits per heavy atom. The lowest BCUT2D eigenvalue weighted by molar-refractivity contribution is 0.102. The number of pyridine rings is 1. The Kier molecular flexibility index (Phi) is 2.27. The summed E-state index contributed by atoms with van der Waals surface area (Å²) in [7, 11) is 0. The maximum atomic E-state index is 11.7. The third-order valence-corrected chi connectivity index (χ3v) is 1.71. The molecule has 0 radical (unpaired) electrons. The standard InChI is InChI=1S/C10H7N3O/c14-10(8-3-1-2-5-12-8)9-4-6-11-7-13-9/h1-7H. The second-order valence-electron chi connectivity index (χ2n) is 2.64. The molecule has 4 heteroatoms. The van der Waals surface area contributed by atoms with Crippen LogP contribution in [0, 0.1) is 0 Å². The van der Waals surface area contributed by atoms with Crippen LogP contribution in [0.5, 0.6) is 0 Å². The number of ketones is 1. The van der Waals surface area contributed by atoms with Crippen LogP contribution in [0.15, 0.2) is 43.0 Å². The highest BCUT2D eigenvalue weighted by atomic mass is 16.1. The van der Waals surface area contributed by atoms with Gasteiger partial charge < -0.3 is 0 Å². The number of carbonyl (C=O) groups is 1. The molecule has 0 spiro atoms. The lowest BCUT2D eigenvalue weighted by atomic mass is 10.2. The predicted molar refractivity (Wildman–Crippen MR) is 49.7 cm³/mol. The molecule has 0 saturated carbocycles. The average molecular weight is 185 g/mol. The van der Waals surface area contributed by atoms with E-state index in [0.717, 1.165) is 0 Å². The van der Waals surface area contributed by atoms with E-state index in [1.54, 1.807) is 30.5 Å². The molecule has 4 nitrogen and oxygen atoms in total. The van der Waals surface area contributed by atoms with Gasteiger partial charge in [-0.1, -0.05) is 6.07 Å². The van der Waals surface area contributed by atoms with Crippen molar-refractivity contribution in [2.24, 2.45) is 0 Å². The highest BCUT2D eigenvalue weighted by Crippen LogP contribution is 2.02. The molecule has 2 heterocycles. The Labute approximate surface area is 80.7 Å². The van der Waals surface area contributed by atoms with E-state index in [4.69, 9.17) is 0 Å². The molecule has 0 aliphatic heterocycles. The van der Waals surface area contributed by atoms with Gasteiger partial charge in [0.25, 0.3) is 0 Å². The highest BCUT2D eigenvalue weighted by molar-refractivity contribution is 6.06. The molecule has 14 heavy (non-hydrogen) atoms. The molecule has 2 aromatic rings. The predicted octanol–water partition coefficient (Wildman–Crippen LogP) is 1.10. The maximum Gasteiger partial charge on any atom is 0.229 e. The molecule has 68 valence electrons. The molecule has 0 aromatic carbocycles. The lowest BCUT2D eigenvalue weighted by Gasteiger charge is -1.97. The van der Waals surface area contributed by atoms with Crippen molar-refractivity contribution in [3.05, 3.63) is 54.4 Å². The zero-order chi connectivity index (χ0) is 9.80. The largest absolute Gasteiger partial charge is 0.285 e. The van der Waals surface area contributed by atoms with Crippen LogP contribution in [0.4, 0.5) is 0 Å². The van der Waals surface area contributed by atoms with Crippen molar-refractivity contribution < 1.29 is 4.79 Å². The quantitative estimate of drug-likeness (QED) is 0.657. The molecule has 2 aromatic heterocycles. The molecule has 0 atom stereocenters. The second-order valence-corrected chi connectivity index (χ2v) is 2.64. The minimum atomic E-state index is -0.187. The summed E-state index contributed by atoms with van der Waals surface area (Å²) in [6, 6.07) is 6.75. The second kappa shape index (κ2) is 3.74.